The molecule has 0 saturated carbocycles. The molecule has 1 aromatic rings. The monoisotopic (exact) mass is 360 g/mol. The van der Waals surface area contributed by atoms with Gasteiger partial charge in [-0.3, -0.25) is 14.5 Å². The Morgan fingerprint density at radius 2 is 1.85 bits per heavy atom. The first-order chi connectivity index (χ1) is 12.2. The van der Waals surface area contributed by atoms with E-state index >= 15 is 0 Å². The maximum Gasteiger partial charge on any atom is 0.242 e. The molecule has 1 aromatic carbocycles. The average Bonchev–Trinajstić information content (AvgIpc) is 2.59. The first-order valence-electron chi connectivity index (χ1n) is 9.41. The number of hydrogen-bond acceptors (Lipinski definition) is 4. The van der Waals surface area contributed by atoms with Crippen LogP contribution in [-0.2, 0) is 9.59 Å². The number of piperazine rings is 1. The summed E-state index contributed by atoms with van der Waals surface area (Å²) in [5.74, 6) is -0.00744. The van der Waals surface area contributed by atoms with Crippen LogP contribution in [0.15, 0.2) is 18.2 Å². The van der Waals surface area contributed by atoms with Crippen LogP contribution in [0.4, 0.5) is 5.69 Å². The number of carbonyl (C=O) groups is 2. The van der Waals surface area contributed by atoms with Gasteiger partial charge in [-0.05, 0) is 44.4 Å². The lowest BCUT2D eigenvalue weighted by atomic mass is 9.95. The van der Waals surface area contributed by atoms with E-state index in [1.165, 1.54) is 0 Å². The number of anilines is 1. The van der Waals surface area contributed by atoms with Gasteiger partial charge in [0.2, 0.25) is 11.8 Å². The Morgan fingerprint density at radius 1 is 1.19 bits per heavy atom. The van der Waals surface area contributed by atoms with E-state index in [0.717, 1.165) is 23.2 Å². The molecule has 1 aliphatic heterocycles. The summed E-state index contributed by atoms with van der Waals surface area (Å²) in [4.78, 5) is 28.8. The number of amides is 2. The lowest BCUT2D eigenvalue weighted by Gasteiger charge is -2.38. The molecule has 26 heavy (non-hydrogen) atoms. The van der Waals surface area contributed by atoms with Gasteiger partial charge in [0.1, 0.15) is 0 Å². The smallest absolute Gasteiger partial charge is 0.242 e. The average molecular weight is 361 g/mol. The van der Waals surface area contributed by atoms with Crippen LogP contribution in [0.3, 0.4) is 0 Å². The zero-order valence-corrected chi connectivity index (χ0v) is 16.5. The second kappa shape index (κ2) is 8.64. The SMILES string of the molecule is CCCC(C)(N)C(=O)N1CCN(CC(=O)Nc2cccc(C)c2C)CC1. The summed E-state index contributed by atoms with van der Waals surface area (Å²) in [6.07, 6.45) is 1.57. The van der Waals surface area contributed by atoms with Crippen molar-refractivity contribution in [2.75, 3.05) is 38.0 Å². The standard InChI is InChI=1S/C20H32N4O2/c1-5-9-20(4,21)19(26)24-12-10-23(11-13-24)14-18(25)22-17-8-6-7-15(2)16(17)3/h6-8H,5,9-14,21H2,1-4H3,(H,22,25). The third-order valence-electron chi connectivity index (χ3n) is 5.16. The van der Waals surface area contributed by atoms with Gasteiger partial charge in [-0.25, -0.2) is 0 Å². The Balaban J connectivity index is 1.84. The van der Waals surface area contributed by atoms with Crippen molar-refractivity contribution < 1.29 is 9.59 Å². The van der Waals surface area contributed by atoms with Crippen molar-refractivity contribution in [1.29, 1.82) is 0 Å². The Bertz CT molecular complexity index is 649. The molecule has 3 N–H and O–H groups in total. The topological polar surface area (TPSA) is 78.7 Å². The fourth-order valence-electron chi connectivity index (χ4n) is 3.38. The number of aryl methyl sites for hydroxylation is 1. The van der Waals surface area contributed by atoms with Crippen LogP contribution in [0.2, 0.25) is 0 Å². The molecule has 1 heterocycles. The molecule has 144 valence electrons. The molecule has 0 aromatic heterocycles. The molecule has 6 nitrogen and oxygen atoms in total. The number of nitrogens with one attached hydrogen (secondary N) is 1. The normalized spacial score (nSPS) is 17.7. The first-order valence-corrected chi connectivity index (χ1v) is 9.41. The van der Waals surface area contributed by atoms with E-state index in [9.17, 15) is 9.59 Å². The zero-order chi connectivity index (χ0) is 19.3. The quantitative estimate of drug-likeness (QED) is 0.812. The maximum atomic E-state index is 12.6. The molecule has 2 amide bonds. The van der Waals surface area contributed by atoms with Gasteiger partial charge < -0.3 is 16.0 Å². The molecule has 6 heteroatoms. The molecule has 1 aliphatic rings. The Labute approximate surface area is 156 Å². The van der Waals surface area contributed by atoms with Crippen LogP contribution in [0, 0.1) is 13.8 Å². The molecule has 2 rings (SSSR count). The highest BCUT2D eigenvalue weighted by molar-refractivity contribution is 5.93. The number of rotatable bonds is 6. The number of hydrogen-bond donors (Lipinski definition) is 2. The summed E-state index contributed by atoms with van der Waals surface area (Å²) in [5, 5.41) is 2.99. The fraction of sp³-hybridized carbons (Fsp3) is 0.600. The van der Waals surface area contributed by atoms with Crippen LogP contribution in [0.5, 0.6) is 0 Å². The van der Waals surface area contributed by atoms with Gasteiger partial charge in [-0.1, -0.05) is 25.5 Å². The third-order valence-corrected chi connectivity index (χ3v) is 5.16. The molecule has 0 bridgehead atoms. The molecule has 1 unspecified atom stereocenters. The minimum absolute atomic E-state index is 0.0128. The van der Waals surface area contributed by atoms with Crippen LogP contribution in [0.25, 0.3) is 0 Å². The van der Waals surface area contributed by atoms with E-state index in [4.69, 9.17) is 5.73 Å². The summed E-state index contributed by atoms with van der Waals surface area (Å²) in [6.45, 7) is 10.8. The molecule has 1 fully saturated rings. The van der Waals surface area contributed by atoms with E-state index in [2.05, 4.69) is 10.2 Å². The van der Waals surface area contributed by atoms with Crippen molar-refractivity contribution >= 4 is 17.5 Å². The minimum Gasteiger partial charge on any atom is -0.339 e. The number of nitrogens with zero attached hydrogens (tertiary/aromatic N) is 2. The summed E-state index contributed by atoms with van der Waals surface area (Å²) >= 11 is 0. The van der Waals surface area contributed by atoms with E-state index in [1.807, 2.05) is 50.8 Å². The third kappa shape index (κ3) is 5.05. The van der Waals surface area contributed by atoms with E-state index < -0.39 is 5.54 Å². The highest BCUT2D eigenvalue weighted by Gasteiger charge is 2.33. The van der Waals surface area contributed by atoms with Gasteiger partial charge in [0.15, 0.2) is 0 Å². The highest BCUT2D eigenvalue weighted by Crippen LogP contribution is 2.18. The number of carbonyl (C=O) groups excluding carboxylic acids is 2. The van der Waals surface area contributed by atoms with E-state index in [1.54, 1.807) is 0 Å². The summed E-state index contributed by atoms with van der Waals surface area (Å²) < 4.78 is 0. The minimum atomic E-state index is -0.795. The fourth-order valence-corrected chi connectivity index (χ4v) is 3.38. The Hall–Kier alpha value is -1.92. The van der Waals surface area contributed by atoms with Gasteiger partial charge in [0, 0.05) is 31.9 Å². The van der Waals surface area contributed by atoms with Crippen LogP contribution in [0.1, 0.15) is 37.8 Å². The van der Waals surface area contributed by atoms with Crippen LogP contribution in [-0.4, -0.2) is 59.9 Å². The van der Waals surface area contributed by atoms with Crippen molar-refractivity contribution in [2.24, 2.45) is 5.73 Å². The van der Waals surface area contributed by atoms with Crippen LogP contribution < -0.4 is 11.1 Å². The Morgan fingerprint density at radius 3 is 2.46 bits per heavy atom. The van der Waals surface area contributed by atoms with Crippen molar-refractivity contribution in [2.45, 2.75) is 46.1 Å². The largest absolute Gasteiger partial charge is 0.339 e. The number of nitrogens with two attached hydrogens (primary N) is 1. The Kier molecular flexibility index (Phi) is 6.78. The molecule has 1 saturated heterocycles. The number of benzene rings is 1. The molecule has 0 spiro atoms. The first kappa shape index (κ1) is 20.4. The molecule has 0 aliphatic carbocycles. The lowest BCUT2D eigenvalue weighted by molar-refractivity contribution is -0.138. The van der Waals surface area contributed by atoms with Crippen molar-refractivity contribution in [3.05, 3.63) is 29.3 Å². The van der Waals surface area contributed by atoms with Gasteiger partial charge in [-0.2, -0.15) is 0 Å². The highest BCUT2D eigenvalue weighted by atomic mass is 16.2. The van der Waals surface area contributed by atoms with E-state index in [0.29, 0.717) is 39.1 Å². The second-order valence-corrected chi connectivity index (χ2v) is 7.53. The lowest BCUT2D eigenvalue weighted by Crippen LogP contribution is -2.58. The molecular formula is C20H32N4O2. The van der Waals surface area contributed by atoms with Crippen molar-refractivity contribution in [3.63, 3.8) is 0 Å². The predicted octanol–water partition coefficient (Wildman–Crippen LogP) is 1.90. The maximum absolute atomic E-state index is 12.6. The van der Waals surface area contributed by atoms with Crippen molar-refractivity contribution in [1.82, 2.24) is 9.80 Å². The molecule has 1 atom stereocenters. The van der Waals surface area contributed by atoms with E-state index in [-0.39, 0.29) is 11.8 Å². The summed E-state index contributed by atoms with van der Waals surface area (Å²) in [7, 11) is 0. The zero-order valence-electron chi connectivity index (χ0n) is 16.5. The van der Waals surface area contributed by atoms with Crippen molar-refractivity contribution in [3.8, 4) is 0 Å². The molecule has 0 radical (unpaired) electrons. The predicted molar refractivity (Wildman–Crippen MR) is 105 cm³/mol. The van der Waals surface area contributed by atoms with Crippen LogP contribution >= 0.6 is 0 Å². The van der Waals surface area contributed by atoms with Gasteiger partial charge >= 0.3 is 0 Å². The van der Waals surface area contributed by atoms with Gasteiger partial charge in [0.25, 0.3) is 0 Å². The van der Waals surface area contributed by atoms with Gasteiger partial charge in [-0.15, -0.1) is 0 Å². The molecular weight excluding hydrogens is 328 g/mol. The second-order valence-electron chi connectivity index (χ2n) is 7.53. The summed E-state index contributed by atoms with van der Waals surface area (Å²) in [5.41, 5.74) is 8.48. The van der Waals surface area contributed by atoms with Gasteiger partial charge in [0.05, 0.1) is 12.1 Å². The summed E-state index contributed by atoms with van der Waals surface area (Å²) in [6, 6.07) is 5.90.